The van der Waals surface area contributed by atoms with Gasteiger partial charge >= 0.3 is 5.97 Å². The average Bonchev–Trinajstić information content (AvgIpc) is 2.61. The molecule has 7 nitrogen and oxygen atoms in total. The van der Waals surface area contributed by atoms with E-state index in [-0.39, 0.29) is 18.9 Å². The first-order valence-electron chi connectivity index (χ1n) is 8.48. The van der Waals surface area contributed by atoms with Crippen LogP contribution in [-0.2, 0) is 9.53 Å². The summed E-state index contributed by atoms with van der Waals surface area (Å²) < 4.78 is 16.4. The van der Waals surface area contributed by atoms with Gasteiger partial charge in [0.1, 0.15) is 0 Å². The van der Waals surface area contributed by atoms with Crippen LogP contribution >= 0.6 is 0 Å². The second kappa shape index (κ2) is 9.27. The molecule has 1 heterocycles. The first kappa shape index (κ1) is 19.1. The van der Waals surface area contributed by atoms with E-state index in [9.17, 15) is 9.59 Å². The topological polar surface area (TPSA) is 85.3 Å². The van der Waals surface area contributed by atoms with E-state index in [0.29, 0.717) is 36.8 Å². The fourth-order valence-corrected chi connectivity index (χ4v) is 2.65. The summed E-state index contributed by atoms with van der Waals surface area (Å²) in [6.45, 7) is 3.72. The van der Waals surface area contributed by atoms with Gasteiger partial charge in [-0.2, -0.15) is 0 Å². The number of unbranched alkanes of at least 4 members (excludes halogenated alkanes) is 1. The quantitative estimate of drug-likeness (QED) is 0.723. The number of aliphatic carboxylic acids is 1. The third kappa shape index (κ3) is 5.35. The van der Waals surface area contributed by atoms with Crippen LogP contribution < -0.4 is 9.47 Å². The monoisotopic (exact) mass is 351 g/mol. The van der Waals surface area contributed by atoms with Crippen molar-refractivity contribution in [2.75, 3.05) is 33.4 Å². The van der Waals surface area contributed by atoms with Crippen molar-refractivity contribution in [3.05, 3.63) is 23.8 Å². The summed E-state index contributed by atoms with van der Waals surface area (Å²) >= 11 is 0. The number of hydrogen-bond donors (Lipinski definition) is 1. The van der Waals surface area contributed by atoms with Gasteiger partial charge in [0.05, 0.1) is 32.8 Å². The molecular weight excluding hydrogens is 326 g/mol. The van der Waals surface area contributed by atoms with Gasteiger partial charge in [0.25, 0.3) is 5.91 Å². The van der Waals surface area contributed by atoms with Crippen LogP contribution in [0, 0.1) is 0 Å². The molecule has 2 rings (SSSR count). The SMILES string of the molecule is CCCCOc1ccc(C(=O)N2CCOC(CC(=O)O)C2)cc1OC. The Kier molecular flexibility index (Phi) is 7.06. The minimum absolute atomic E-state index is 0.114. The molecule has 1 amide bonds. The Morgan fingerprint density at radius 2 is 2.16 bits per heavy atom. The number of hydrogen-bond acceptors (Lipinski definition) is 5. The van der Waals surface area contributed by atoms with Crippen molar-refractivity contribution < 1.29 is 28.9 Å². The largest absolute Gasteiger partial charge is 0.493 e. The van der Waals surface area contributed by atoms with Gasteiger partial charge in [0.15, 0.2) is 11.5 Å². The normalized spacial score (nSPS) is 17.2. The molecule has 0 aliphatic carbocycles. The Morgan fingerprint density at radius 1 is 1.36 bits per heavy atom. The minimum Gasteiger partial charge on any atom is -0.493 e. The van der Waals surface area contributed by atoms with Gasteiger partial charge < -0.3 is 24.2 Å². The number of methoxy groups -OCH3 is 1. The van der Waals surface area contributed by atoms with Crippen molar-refractivity contribution in [3.63, 3.8) is 0 Å². The summed E-state index contributed by atoms with van der Waals surface area (Å²) in [4.78, 5) is 25.1. The highest BCUT2D eigenvalue weighted by atomic mass is 16.5. The summed E-state index contributed by atoms with van der Waals surface area (Å²) in [5, 5.41) is 8.88. The number of rotatable bonds is 8. The first-order chi connectivity index (χ1) is 12.0. The zero-order chi connectivity index (χ0) is 18.2. The number of benzene rings is 1. The Labute approximate surface area is 147 Å². The predicted octanol–water partition coefficient (Wildman–Crippen LogP) is 2.19. The summed E-state index contributed by atoms with van der Waals surface area (Å²) in [5.74, 6) is 0.0159. The molecule has 7 heteroatoms. The molecule has 1 aromatic rings. The number of carbonyl (C=O) groups is 2. The lowest BCUT2D eigenvalue weighted by Gasteiger charge is -2.32. The van der Waals surface area contributed by atoms with Crippen LogP contribution in [0.3, 0.4) is 0 Å². The van der Waals surface area contributed by atoms with Gasteiger partial charge in [-0.25, -0.2) is 0 Å². The molecule has 1 atom stereocenters. The lowest BCUT2D eigenvalue weighted by Crippen LogP contribution is -2.46. The van der Waals surface area contributed by atoms with Crippen LogP contribution in [0.4, 0.5) is 0 Å². The van der Waals surface area contributed by atoms with E-state index in [0.717, 1.165) is 12.8 Å². The third-order valence-corrected chi connectivity index (χ3v) is 3.99. The molecule has 1 aliphatic heterocycles. The van der Waals surface area contributed by atoms with Crippen molar-refractivity contribution >= 4 is 11.9 Å². The molecular formula is C18H25NO6. The second-order valence-corrected chi connectivity index (χ2v) is 5.91. The Balaban J connectivity index is 2.06. The molecule has 1 fully saturated rings. The lowest BCUT2D eigenvalue weighted by atomic mass is 10.1. The van der Waals surface area contributed by atoms with Crippen molar-refractivity contribution in [2.24, 2.45) is 0 Å². The van der Waals surface area contributed by atoms with E-state index in [4.69, 9.17) is 19.3 Å². The molecule has 0 spiro atoms. The summed E-state index contributed by atoms with van der Waals surface area (Å²) in [5.41, 5.74) is 0.482. The van der Waals surface area contributed by atoms with Crippen LogP contribution in [0.2, 0.25) is 0 Å². The number of carbonyl (C=O) groups excluding carboxylic acids is 1. The molecule has 0 bridgehead atoms. The second-order valence-electron chi connectivity index (χ2n) is 5.91. The van der Waals surface area contributed by atoms with E-state index in [1.54, 1.807) is 23.1 Å². The Hall–Kier alpha value is -2.28. The lowest BCUT2D eigenvalue weighted by molar-refractivity contribution is -0.141. The predicted molar refractivity (Wildman–Crippen MR) is 91.3 cm³/mol. The van der Waals surface area contributed by atoms with Crippen LogP contribution in [0.5, 0.6) is 11.5 Å². The van der Waals surface area contributed by atoms with Crippen molar-refractivity contribution in [1.29, 1.82) is 0 Å². The van der Waals surface area contributed by atoms with Crippen LogP contribution in [-0.4, -0.2) is 61.4 Å². The summed E-state index contributed by atoms with van der Waals surface area (Å²) in [6.07, 6.45) is 1.39. The van der Waals surface area contributed by atoms with Gasteiger partial charge in [-0.05, 0) is 24.6 Å². The average molecular weight is 351 g/mol. The highest BCUT2D eigenvalue weighted by Gasteiger charge is 2.27. The number of nitrogens with zero attached hydrogens (tertiary/aromatic N) is 1. The minimum atomic E-state index is -0.936. The maximum Gasteiger partial charge on any atom is 0.306 e. The van der Waals surface area contributed by atoms with E-state index >= 15 is 0 Å². The van der Waals surface area contributed by atoms with Gasteiger partial charge in [-0.3, -0.25) is 9.59 Å². The highest BCUT2D eigenvalue weighted by Crippen LogP contribution is 2.29. The van der Waals surface area contributed by atoms with Gasteiger partial charge in [-0.15, -0.1) is 0 Å². The fraction of sp³-hybridized carbons (Fsp3) is 0.556. The third-order valence-electron chi connectivity index (χ3n) is 3.99. The van der Waals surface area contributed by atoms with Gasteiger partial charge in [0, 0.05) is 18.7 Å². The fourth-order valence-electron chi connectivity index (χ4n) is 2.65. The van der Waals surface area contributed by atoms with Crippen molar-refractivity contribution in [2.45, 2.75) is 32.3 Å². The van der Waals surface area contributed by atoms with Crippen molar-refractivity contribution in [1.82, 2.24) is 4.90 Å². The molecule has 25 heavy (non-hydrogen) atoms. The molecule has 1 N–H and O–H groups in total. The van der Waals surface area contributed by atoms with Crippen LogP contribution in [0.1, 0.15) is 36.5 Å². The number of amides is 1. The maximum atomic E-state index is 12.7. The van der Waals surface area contributed by atoms with E-state index in [1.165, 1.54) is 7.11 Å². The highest BCUT2D eigenvalue weighted by molar-refractivity contribution is 5.95. The number of carboxylic acid groups (broad SMARTS) is 1. The molecule has 1 aromatic carbocycles. The zero-order valence-corrected chi connectivity index (χ0v) is 14.7. The Bertz CT molecular complexity index is 603. The van der Waals surface area contributed by atoms with E-state index in [1.807, 2.05) is 0 Å². The molecule has 1 saturated heterocycles. The summed E-state index contributed by atoms with van der Waals surface area (Å²) in [7, 11) is 1.54. The van der Waals surface area contributed by atoms with E-state index < -0.39 is 12.1 Å². The molecule has 0 aromatic heterocycles. The smallest absolute Gasteiger partial charge is 0.306 e. The first-order valence-corrected chi connectivity index (χ1v) is 8.48. The number of carboxylic acids is 1. The molecule has 1 unspecified atom stereocenters. The molecule has 1 aliphatic rings. The number of morpholine rings is 1. The molecule has 0 radical (unpaired) electrons. The number of ether oxygens (including phenoxy) is 3. The van der Waals surface area contributed by atoms with E-state index in [2.05, 4.69) is 6.92 Å². The Morgan fingerprint density at radius 3 is 2.84 bits per heavy atom. The summed E-state index contributed by atoms with van der Waals surface area (Å²) in [6, 6.07) is 5.09. The van der Waals surface area contributed by atoms with Crippen molar-refractivity contribution in [3.8, 4) is 11.5 Å². The van der Waals surface area contributed by atoms with Gasteiger partial charge in [0.2, 0.25) is 0 Å². The van der Waals surface area contributed by atoms with Gasteiger partial charge in [-0.1, -0.05) is 13.3 Å². The molecule has 138 valence electrons. The van der Waals surface area contributed by atoms with Crippen LogP contribution in [0.25, 0.3) is 0 Å². The maximum absolute atomic E-state index is 12.7. The molecule has 0 saturated carbocycles. The van der Waals surface area contributed by atoms with Crippen LogP contribution in [0.15, 0.2) is 18.2 Å². The standard InChI is InChI=1S/C18H25NO6/c1-3-4-8-25-15-6-5-13(10-16(15)23-2)18(22)19-7-9-24-14(12-19)11-17(20)21/h5-6,10,14H,3-4,7-9,11-12H2,1-2H3,(H,20,21). The zero-order valence-electron chi connectivity index (χ0n) is 14.7.